The number of aromatic nitrogens is 3. The van der Waals surface area contributed by atoms with Gasteiger partial charge in [0.2, 0.25) is 5.95 Å². The highest BCUT2D eigenvalue weighted by Gasteiger charge is 2.12. The molecule has 4 aromatic rings. The van der Waals surface area contributed by atoms with Gasteiger partial charge in [0.25, 0.3) is 0 Å². The van der Waals surface area contributed by atoms with E-state index in [0.29, 0.717) is 0 Å². The standard InChI is InChI=1S/C17H11BrN4O/c18-12-4-1-10(2-5-12)16-13-9-11(3-6-15(13)22-23-16)14-7-8-20-17(19)21-14/h1-9H,(H2,19,20,21). The smallest absolute Gasteiger partial charge is 0.220 e. The topological polar surface area (TPSA) is 77.8 Å². The van der Waals surface area contributed by atoms with E-state index in [9.17, 15) is 0 Å². The second kappa shape index (κ2) is 5.48. The molecule has 0 spiro atoms. The molecular weight excluding hydrogens is 356 g/mol. The minimum atomic E-state index is 0.251. The Bertz CT molecular complexity index is 995. The highest BCUT2D eigenvalue weighted by molar-refractivity contribution is 9.10. The van der Waals surface area contributed by atoms with E-state index in [4.69, 9.17) is 10.3 Å². The summed E-state index contributed by atoms with van der Waals surface area (Å²) >= 11 is 3.44. The third-order valence-electron chi connectivity index (χ3n) is 3.55. The fourth-order valence-corrected chi connectivity index (χ4v) is 2.71. The maximum absolute atomic E-state index is 5.67. The van der Waals surface area contributed by atoms with E-state index in [1.54, 1.807) is 6.20 Å². The summed E-state index contributed by atoms with van der Waals surface area (Å²) in [4.78, 5) is 8.18. The lowest BCUT2D eigenvalue weighted by molar-refractivity contribution is 0.441. The Labute approximate surface area is 140 Å². The predicted octanol–water partition coefficient (Wildman–Crippen LogP) is 4.30. The van der Waals surface area contributed by atoms with Crippen LogP contribution in [0.25, 0.3) is 33.5 Å². The van der Waals surface area contributed by atoms with Crippen molar-refractivity contribution in [2.45, 2.75) is 0 Å². The van der Waals surface area contributed by atoms with Gasteiger partial charge in [-0.3, -0.25) is 0 Å². The molecule has 0 aliphatic carbocycles. The van der Waals surface area contributed by atoms with E-state index in [2.05, 4.69) is 31.1 Å². The Morgan fingerprint density at radius 2 is 1.74 bits per heavy atom. The number of rotatable bonds is 2. The Kier molecular flexibility index (Phi) is 3.31. The number of halogens is 1. The van der Waals surface area contributed by atoms with E-state index in [-0.39, 0.29) is 5.95 Å². The Balaban J connectivity index is 1.88. The minimum Gasteiger partial charge on any atom is -0.368 e. The van der Waals surface area contributed by atoms with Gasteiger partial charge in [-0.15, -0.1) is 0 Å². The van der Waals surface area contributed by atoms with Gasteiger partial charge in [0, 0.05) is 21.8 Å². The summed E-state index contributed by atoms with van der Waals surface area (Å²) < 4.78 is 6.55. The highest BCUT2D eigenvalue weighted by Crippen LogP contribution is 2.32. The lowest BCUT2D eigenvalue weighted by Gasteiger charge is -2.02. The molecule has 2 aromatic heterocycles. The first-order valence-electron chi connectivity index (χ1n) is 6.95. The van der Waals surface area contributed by atoms with Crippen molar-refractivity contribution in [3.63, 3.8) is 0 Å². The SMILES string of the molecule is Nc1nccc(-c2ccc3noc(-c4ccc(Br)cc4)c3c2)n1. The van der Waals surface area contributed by atoms with Gasteiger partial charge in [-0.1, -0.05) is 27.2 Å². The zero-order valence-electron chi connectivity index (χ0n) is 11.9. The Hall–Kier alpha value is -2.73. The normalized spacial score (nSPS) is 11.0. The maximum atomic E-state index is 5.67. The van der Waals surface area contributed by atoms with Crippen molar-refractivity contribution in [1.82, 2.24) is 15.1 Å². The molecule has 2 heterocycles. The molecule has 0 bridgehead atoms. The van der Waals surface area contributed by atoms with Crippen molar-refractivity contribution in [1.29, 1.82) is 0 Å². The van der Waals surface area contributed by atoms with Crippen LogP contribution >= 0.6 is 15.9 Å². The van der Waals surface area contributed by atoms with Crippen LogP contribution in [0.1, 0.15) is 0 Å². The number of benzene rings is 2. The minimum absolute atomic E-state index is 0.251. The lowest BCUT2D eigenvalue weighted by atomic mass is 10.0. The first-order chi connectivity index (χ1) is 11.2. The molecule has 0 aliphatic heterocycles. The van der Waals surface area contributed by atoms with E-state index in [1.165, 1.54) is 0 Å². The van der Waals surface area contributed by atoms with Gasteiger partial charge in [-0.2, -0.15) is 0 Å². The molecule has 0 unspecified atom stereocenters. The zero-order valence-corrected chi connectivity index (χ0v) is 13.5. The van der Waals surface area contributed by atoms with Gasteiger partial charge in [-0.25, -0.2) is 9.97 Å². The highest BCUT2D eigenvalue weighted by atomic mass is 79.9. The number of nitrogens with zero attached hydrogens (tertiary/aromatic N) is 3. The third-order valence-corrected chi connectivity index (χ3v) is 4.08. The fourth-order valence-electron chi connectivity index (χ4n) is 2.44. The van der Waals surface area contributed by atoms with Crippen LogP contribution in [-0.4, -0.2) is 15.1 Å². The number of anilines is 1. The van der Waals surface area contributed by atoms with E-state index in [1.807, 2.05) is 48.5 Å². The predicted molar refractivity (Wildman–Crippen MR) is 92.6 cm³/mol. The molecule has 0 radical (unpaired) electrons. The molecular formula is C17H11BrN4O. The molecule has 0 fully saturated rings. The molecule has 2 N–H and O–H groups in total. The number of hydrogen-bond acceptors (Lipinski definition) is 5. The van der Waals surface area contributed by atoms with Crippen LogP contribution in [-0.2, 0) is 0 Å². The van der Waals surface area contributed by atoms with Gasteiger partial charge in [0.15, 0.2) is 5.76 Å². The monoisotopic (exact) mass is 366 g/mol. The molecule has 5 nitrogen and oxygen atoms in total. The second-order valence-electron chi connectivity index (χ2n) is 5.05. The molecule has 0 atom stereocenters. The van der Waals surface area contributed by atoms with Gasteiger partial charge < -0.3 is 10.3 Å². The summed E-state index contributed by atoms with van der Waals surface area (Å²) in [6.45, 7) is 0. The van der Waals surface area contributed by atoms with Crippen LogP contribution < -0.4 is 5.73 Å². The van der Waals surface area contributed by atoms with Crippen LogP contribution in [0.15, 0.2) is 63.7 Å². The molecule has 4 rings (SSSR count). The van der Waals surface area contributed by atoms with Gasteiger partial charge >= 0.3 is 0 Å². The average molecular weight is 367 g/mol. The van der Waals surface area contributed by atoms with E-state index >= 15 is 0 Å². The summed E-state index contributed by atoms with van der Waals surface area (Å²) in [5.74, 6) is 0.984. The molecule has 23 heavy (non-hydrogen) atoms. The molecule has 6 heteroatoms. The summed E-state index contributed by atoms with van der Waals surface area (Å²) in [5, 5.41) is 5.06. The van der Waals surface area contributed by atoms with Crippen LogP contribution in [0, 0.1) is 0 Å². The van der Waals surface area contributed by atoms with E-state index in [0.717, 1.165) is 38.0 Å². The summed E-state index contributed by atoms with van der Waals surface area (Å²) in [5.41, 5.74) is 9.14. The van der Waals surface area contributed by atoms with Crippen LogP contribution in [0.2, 0.25) is 0 Å². The summed E-state index contributed by atoms with van der Waals surface area (Å²) in [6.07, 6.45) is 1.64. The Morgan fingerprint density at radius 3 is 2.52 bits per heavy atom. The lowest BCUT2D eigenvalue weighted by Crippen LogP contribution is -1.94. The molecule has 0 saturated heterocycles. The van der Waals surface area contributed by atoms with Crippen LogP contribution in [0.3, 0.4) is 0 Å². The molecule has 112 valence electrons. The maximum Gasteiger partial charge on any atom is 0.220 e. The van der Waals surface area contributed by atoms with Crippen LogP contribution in [0.5, 0.6) is 0 Å². The molecule has 0 aliphatic rings. The second-order valence-corrected chi connectivity index (χ2v) is 5.97. The fraction of sp³-hybridized carbons (Fsp3) is 0. The van der Waals surface area contributed by atoms with Gasteiger partial charge in [0.1, 0.15) is 5.52 Å². The van der Waals surface area contributed by atoms with Crippen molar-refractivity contribution >= 4 is 32.8 Å². The zero-order chi connectivity index (χ0) is 15.8. The molecule has 0 saturated carbocycles. The summed E-state index contributed by atoms with van der Waals surface area (Å²) in [7, 11) is 0. The van der Waals surface area contributed by atoms with Crippen molar-refractivity contribution in [2.75, 3.05) is 5.73 Å². The summed E-state index contributed by atoms with van der Waals surface area (Å²) in [6, 6.07) is 15.6. The van der Waals surface area contributed by atoms with Crippen molar-refractivity contribution in [3.8, 4) is 22.6 Å². The number of fused-ring (bicyclic) bond motifs is 1. The third kappa shape index (κ3) is 2.57. The number of nitrogens with two attached hydrogens (primary N) is 1. The van der Waals surface area contributed by atoms with E-state index < -0.39 is 0 Å². The molecule has 0 amide bonds. The van der Waals surface area contributed by atoms with Crippen LogP contribution in [0.4, 0.5) is 5.95 Å². The Morgan fingerprint density at radius 1 is 0.957 bits per heavy atom. The first kappa shape index (κ1) is 13.9. The number of nitrogen functional groups attached to an aromatic ring is 1. The van der Waals surface area contributed by atoms with Crippen molar-refractivity contribution in [3.05, 3.63) is 59.2 Å². The first-order valence-corrected chi connectivity index (χ1v) is 7.74. The molecule has 2 aromatic carbocycles. The van der Waals surface area contributed by atoms with Gasteiger partial charge in [-0.05, 0) is 42.5 Å². The average Bonchev–Trinajstić information content (AvgIpc) is 2.99. The van der Waals surface area contributed by atoms with Crippen molar-refractivity contribution < 1.29 is 4.52 Å². The number of hydrogen-bond donors (Lipinski definition) is 1. The van der Waals surface area contributed by atoms with Crippen molar-refractivity contribution in [2.24, 2.45) is 0 Å². The van der Waals surface area contributed by atoms with Gasteiger partial charge in [0.05, 0.1) is 11.1 Å². The quantitative estimate of drug-likeness (QED) is 0.572. The largest absolute Gasteiger partial charge is 0.368 e.